The molecule has 0 spiro atoms. The fourth-order valence-corrected chi connectivity index (χ4v) is 4.65. The molecule has 1 saturated heterocycles. The van der Waals surface area contributed by atoms with Crippen LogP contribution in [-0.2, 0) is 13.0 Å². The number of anilines is 1. The Kier molecular flexibility index (Phi) is 8.43. The normalized spacial score (nSPS) is 14.4. The minimum Gasteiger partial charge on any atom is -0.368 e. The van der Waals surface area contributed by atoms with Crippen molar-refractivity contribution in [3.63, 3.8) is 0 Å². The Balaban J connectivity index is 1.28. The molecule has 1 aliphatic rings. The largest absolute Gasteiger partial charge is 0.368 e. The predicted octanol–water partition coefficient (Wildman–Crippen LogP) is 4.14. The van der Waals surface area contributed by atoms with E-state index in [1.54, 1.807) is 6.07 Å². The smallest absolute Gasteiger partial charge is 0.273 e. The van der Waals surface area contributed by atoms with Crippen molar-refractivity contribution in [1.29, 1.82) is 0 Å². The van der Waals surface area contributed by atoms with Crippen LogP contribution >= 0.6 is 23.2 Å². The lowest BCUT2D eigenvalue weighted by atomic mass is 10.1. The molecule has 1 aromatic heterocycles. The minimum atomic E-state index is -0.160. The molecule has 1 amide bonds. The lowest BCUT2D eigenvalue weighted by molar-refractivity contribution is 0.0941. The predicted molar refractivity (Wildman–Crippen MR) is 137 cm³/mol. The third-order valence-electron chi connectivity index (χ3n) is 6.07. The van der Waals surface area contributed by atoms with Crippen LogP contribution in [0.3, 0.4) is 0 Å². The van der Waals surface area contributed by atoms with E-state index in [2.05, 4.69) is 44.5 Å². The van der Waals surface area contributed by atoms with Gasteiger partial charge in [-0.25, -0.2) is 4.68 Å². The second-order valence-corrected chi connectivity index (χ2v) is 9.22. The molecular formula is C25H30Cl2N6O. The summed E-state index contributed by atoms with van der Waals surface area (Å²) in [6.45, 7) is 7.57. The van der Waals surface area contributed by atoms with Crippen molar-refractivity contribution in [1.82, 2.24) is 25.2 Å². The first-order chi connectivity index (χ1) is 16.6. The summed E-state index contributed by atoms with van der Waals surface area (Å²) in [5, 5.41) is 12.7. The number of nitrogens with one attached hydrogen (secondary N) is 1. The minimum absolute atomic E-state index is 0.160. The van der Waals surface area contributed by atoms with Crippen molar-refractivity contribution in [2.45, 2.75) is 26.3 Å². The number of benzene rings is 2. The standard InChI is InChI=1S/C25H30Cl2N6O/c1-2-7-22-24(29-30-33(22)18-19-8-4-3-5-9-19)25(34)28-12-13-31-14-16-32(17-15-31)21-11-6-10-20(26)23(21)27/h3-6,8-11H,2,7,12-18H2,1H3,(H,28,34). The van der Waals surface area contributed by atoms with Crippen LogP contribution in [0.1, 0.15) is 35.1 Å². The molecule has 0 radical (unpaired) electrons. The van der Waals surface area contributed by atoms with Crippen molar-refractivity contribution in [3.8, 4) is 0 Å². The first-order valence-electron chi connectivity index (χ1n) is 11.7. The third-order valence-corrected chi connectivity index (χ3v) is 6.88. The van der Waals surface area contributed by atoms with Crippen LogP contribution in [-0.4, -0.2) is 65.1 Å². The number of halogens is 2. The topological polar surface area (TPSA) is 66.3 Å². The van der Waals surface area contributed by atoms with Gasteiger partial charge in [0.05, 0.1) is 28.0 Å². The van der Waals surface area contributed by atoms with E-state index >= 15 is 0 Å². The Labute approximate surface area is 210 Å². The summed E-state index contributed by atoms with van der Waals surface area (Å²) in [4.78, 5) is 17.5. The number of piperazine rings is 1. The Hall–Kier alpha value is -2.61. The molecule has 1 fully saturated rings. The van der Waals surface area contributed by atoms with Crippen LogP contribution in [0.15, 0.2) is 48.5 Å². The monoisotopic (exact) mass is 500 g/mol. The van der Waals surface area contributed by atoms with Gasteiger partial charge in [-0.2, -0.15) is 0 Å². The Bertz CT molecular complexity index is 1100. The molecule has 0 unspecified atom stereocenters. The van der Waals surface area contributed by atoms with Gasteiger partial charge in [-0.15, -0.1) is 5.10 Å². The molecule has 1 N–H and O–H groups in total. The van der Waals surface area contributed by atoms with E-state index in [0.29, 0.717) is 28.8 Å². The number of hydrogen-bond donors (Lipinski definition) is 1. The maximum atomic E-state index is 12.9. The van der Waals surface area contributed by atoms with Gasteiger partial charge in [0.15, 0.2) is 5.69 Å². The van der Waals surface area contributed by atoms with E-state index in [1.165, 1.54) is 0 Å². The molecule has 7 nitrogen and oxygen atoms in total. The van der Waals surface area contributed by atoms with Crippen LogP contribution in [0.4, 0.5) is 5.69 Å². The van der Waals surface area contributed by atoms with Gasteiger partial charge < -0.3 is 10.2 Å². The first kappa shape index (κ1) is 24.5. The third kappa shape index (κ3) is 5.90. The Morgan fingerprint density at radius 1 is 1.03 bits per heavy atom. The molecule has 1 aliphatic heterocycles. The van der Waals surface area contributed by atoms with Gasteiger partial charge in [0, 0.05) is 39.3 Å². The molecule has 2 heterocycles. The number of aromatic nitrogens is 3. The van der Waals surface area contributed by atoms with Crippen molar-refractivity contribution in [3.05, 3.63) is 75.5 Å². The van der Waals surface area contributed by atoms with E-state index in [9.17, 15) is 4.79 Å². The average Bonchev–Trinajstić information content (AvgIpc) is 3.24. The number of amides is 1. The summed E-state index contributed by atoms with van der Waals surface area (Å²) in [5.41, 5.74) is 3.42. The van der Waals surface area contributed by atoms with Crippen LogP contribution < -0.4 is 10.2 Å². The Morgan fingerprint density at radius 2 is 1.79 bits per heavy atom. The van der Waals surface area contributed by atoms with Crippen LogP contribution in [0, 0.1) is 0 Å². The molecule has 9 heteroatoms. The van der Waals surface area contributed by atoms with Crippen molar-refractivity contribution >= 4 is 34.8 Å². The molecule has 0 aliphatic carbocycles. The molecular weight excluding hydrogens is 471 g/mol. The summed E-state index contributed by atoms with van der Waals surface area (Å²) in [6.07, 6.45) is 1.68. The van der Waals surface area contributed by atoms with E-state index in [-0.39, 0.29) is 5.91 Å². The van der Waals surface area contributed by atoms with Crippen LogP contribution in [0.5, 0.6) is 0 Å². The van der Waals surface area contributed by atoms with Gasteiger partial charge in [-0.05, 0) is 24.1 Å². The van der Waals surface area contributed by atoms with Gasteiger partial charge >= 0.3 is 0 Å². The number of carbonyl (C=O) groups is 1. The Morgan fingerprint density at radius 3 is 2.53 bits per heavy atom. The summed E-state index contributed by atoms with van der Waals surface area (Å²) in [5.74, 6) is -0.160. The molecule has 4 rings (SSSR count). The highest BCUT2D eigenvalue weighted by Gasteiger charge is 2.21. The zero-order chi connectivity index (χ0) is 23.9. The van der Waals surface area contributed by atoms with Gasteiger partial charge in [0.2, 0.25) is 0 Å². The lowest BCUT2D eigenvalue weighted by Crippen LogP contribution is -2.48. The fraction of sp³-hybridized carbons (Fsp3) is 0.400. The SMILES string of the molecule is CCCc1c(C(=O)NCCN2CCN(c3cccc(Cl)c3Cl)CC2)nnn1Cc1ccccc1. The molecule has 180 valence electrons. The van der Waals surface area contributed by atoms with Crippen molar-refractivity contribution in [2.24, 2.45) is 0 Å². The maximum absolute atomic E-state index is 12.9. The highest BCUT2D eigenvalue weighted by atomic mass is 35.5. The number of nitrogens with zero attached hydrogens (tertiary/aromatic N) is 5. The fourth-order valence-electron chi connectivity index (χ4n) is 4.24. The number of carbonyl (C=O) groups excluding carboxylic acids is 1. The van der Waals surface area contributed by atoms with Crippen LogP contribution in [0.2, 0.25) is 10.0 Å². The quantitative estimate of drug-likeness (QED) is 0.478. The maximum Gasteiger partial charge on any atom is 0.273 e. The molecule has 3 aromatic rings. The van der Waals surface area contributed by atoms with Crippen molar-refractivity contribution in [2.75, 3.05) is 44.2 Å². The highest BCUT2D eigenvalue weighted by molar-refractivity contribution is 6.43. The summed E-state index contributed by atoms with van der Waals surface area (Å²) >= 11 is 12.5. The second-order valence-electron chi connectivity index (χ2n) is 8.44. The van der Waals surface area contributed by atoms with Crippen molar-refractivity contribution < 1.29 is 4.79 Å². The first-order valence-corrected chi connectivity index (χ1v) is 12.5. The van der Waals surface area contributed by atoms with E-state index in [0.717, 1.165) is 62.5 Å². The highest BCUT2D eigenvalue weighted by Crippen LogP contribution is 2.32. The number of hydrogen-bond acceptors (Lipinski definition) is 5. The summed E-state index contributed by atoms with van der Waals surface area (Å²) < 4.78 is 1.84. The lowest BCUT2D eigenvalue weighted by Gasteiger charge is -2.36. The van der Waals surface area contributed by atoms with Crippen LogP contribution in [0.25, 0.3) is 0 Å². The number of rotatable bonds is 9. The second kappa shape index (κ2) is 11.7. The van der Waals surface area contributed by atoms with Gasteiger partial charge in [-0.3, -0.25) is 9.69 Å². The van der Waals surface area contributed by atoms with Gasteiger partial charge in [0.1, 0.15) is 0 Å². The molecule has 2 aromatic carbocycles. The molecule has 0 saturated carbocycles. The molecule has 34 heavy (non-hydrogen) atoms. The zero-order valence-corrected chi connectivity index (χ0v) is 20.9. The average molecular weight is 501 g/mol. The molecule has 0 atom stereocenters. The van der Waals surface area contributed by atoms with E-state index in [1.807, 2.05) is 35.0 Å². The zero-order valence-electron chi connectivity index (χ0n) is 19.4. The van der Waals surface area contributed by atoms with Gasteiger partial charge in [-0.1, -0.05) is 78.2 Å². The summed E-state index contributed by atoms with van der Waals surface area (Å²) in [6, 6.07) is 15.8. The van der Waals surface area contributed by atoms with E-state index < -0.39 is 0 Å². The van der Waals surface area contributed by atoms with Gasteiger partial charge in [0.25, 0.3) is 5.91 Å². The van der Waals surface area contributed by atoms with E-state index in [4.69, 9.17) is 23.2 Å². The summed E-state index contributed by atoms with van der Waals surface area (Å²) in [7, 11) is 0. The molecule has 0 bridgehead atoms.